The molecule has 2 N–H and O–H groups in total. The maximum Gasteiger partial charge on any atom is 0.124 e. The fourth-order valence-corrected chi connectivity index (χ4v) is 2.75. The van der Waals surface area contributed by atoms with Gasteiger partial charge in [-0.25, -0.2) is 0 Å². The first-order valence-corrected chi connectivity index (χ1v) is 9.27. The topological polar surface area (TPSA) is 58.9 Å². The van der Waals surface area contributed by atoms with Crippen LogP contribution in [0.25, 0.3) is 0 Å². The van der Waals surface area contributed by atoms with E-state index in [1.54, 1.807) is 36.4 Å². The number of ether oxygens (including phenoxy) is 2. The molecule has 0 aromatic heterocycles. The molecule has 0 radical (unpaired) electrons. The summed E-state index contributed by atoms with van der Waals surface area (Å²) in [4.78, 5) is 0. The molecule has 0 fully saturated rings. The minimum absolute atomic E-state index is 0.0902. The van der Waals surface area contributed by atoms with Crippen LogP contribution in [0.5, 0.6) is 17.2 Å². The molecule has 0 aliphatic carbocycles. The molecule has 0 aliphatic rings. The van der Waals surface area contributed by atoms with Gasteiger partial charge in [0.15, 0.2) is 0 Å². The molecule has 2 unspecified atom stereocenters. The minimum Gasteiger partial charge on any atom is -0.508 e. The molecule has 142 valence electrons. The summed E-state index contributed by atoms with van der Waals surface area (Å²) in [6, 6.07) is 14.0. The normalized spacial score (nSPS) is 15.8. The van der Waals surface area contributed by atoms with Crippen LogP contribution in [0.15, 0.2) is 48.5 Å². The highest BCUT2D eigenvalue weighted by Gasteiger charge is 2.28. The van der Waals surface area contributed by atoms with Crippen LogP contribution in [0.1, 0.15) is 46.1 Å². The summed E-state index contributed by atoms with van der Waals surface area (Å²) in [7, 11) is 0. The zero-order valence-corrected chi connectivity index (χ0v) is 16.1. The van der Waals surface area contributed by atoms with Crippen molar-refractivity contribution in [3.8, 4) is 17.2 Å². The average Bonchev–Trinajstić information content (AvgIpc) is 2.66. The van der Waals surface area contributed by atoms with E-state index in [2.05, 4.69) is 27.7 Å². The van der Waals surface area contributed by atoms with Gasteiger partial charge in [-0.05, 0) is 67.6 Å². The van der Waals surface area contributed by atoms with Crippen molar-refractivity contribution in [1.82, 2.24) is 0 Å². The second-order valence-electron chi connectivity index (χ2n) is 6.98. The lowest BCUT2D eigenvalue weighted by molar-refractivity contribution is -0.0808. The van der Waals surface area contributed by atoms with Gasteiger partial charge in [0, 0.05) is 0 Å². The molecular formula is C22H30O4. The quantitative estimate of drug-likeness (QED) is 0.644. The predicted molar refractivity (Wildman–Crippen MR) is 104 cm³/mol. The van der Waals surface area contributed by atoms with Gasteiger partial charge in [0.25, 0.3) is 0 Å². The molecule has 0 saturated carbocycles. The molecule has 2 aromatic carbocycles. The molecule has 3 atom stereocenters. The lowest BCUT2D eigenvalue weighted by atomic mass is 9.92. The summed E-state index contributed by atoms with van der Waals surface area (Å²) in [5.41, 5.74) is 0.586. The Kier molecular flexibility index (Phi) is 6.92. The van der Waals surface area contributed by atoms with E-state index >= 15 is 0 Å². The van der Waals surface area contributed by atoms with Crippen molar-refractivity contribution >= 4 is 0 Å². The summed E-state index contributed by atoms with van der Waals surface area (Å²) >= 11 is 0. The van der Waals surface area contributed by atoms with E-state index < -0.39 is 5.60 Å². The Morgan fingerprint density at radius 1 is 0.923 bits per heavy atom. The van der Waals surface area contributed by atoms with Crippen molar-refractivity contribution in [2.75, 3.05) is 6.61 Å². The molecular weight excluding hydrogens is 328 g/mol. The SMILES string of the molecule is CCC(C)[C@@H](COC(C)(CC)c1ccc(O)cc1)Oc1ccc(O)cc1. The number of phenols is 2. The Labute approximate surface area is 156 Å². The first-order chi connectivity index (χ1) is 12.4. The lowest BCUT2D eigenvalue weighted by Crippen LogP contribution is -2.35. The van der Waals surface area contributed by atoms with Crippen LogP contribution >= 0.6 is 0 Å². The van der Waals surface area contributed by atoms with E-state index in [0.717, 1.165) is 24.2 Å². The third-order valence-electron chi connectivity index (χ3n) is 5.12. The minimum atomic E-state index is -0.447. The largest absolute Gasteiger partial charge is 0.508 e. The molecule has 0 saturated heterocycles. The smallest absolute Gasteiger partial charge is 0.124 e. The van der Waals surface area contributed by atoms with E-state index in [0.29, 0.717) is 12.5 Å². The van der Waals surface area contributed by atoms with Gasteiger partial charge in [0.1, 0.15) is 23.4 Å². The standard InChI is InChI=1S/C22H30O4/c1-5-16(3)21(26-20-13-11-19(24)12-14-20)15-25-22(4,6-2)17-7-9-18(23)10-8-17/h7-14,16,21,23-24H,5-6,15H2,1-4H3/t16?,21-,22?/m1/s1. The highest BCUT2D eigenvalue weighted by atomic mass is 16.5. The molecule has 0 amide bonds. The number of rotatable bonds is 9. The monoisotopic (exact) mass is 358 g/mol. The maximum atomic E-state index is 9.52. The molecule has 0 bridgehead atoms. The first-order valence-electron chi connectivity index (χ1n) is 9.27. The molecule has 4 heteroatoms. The number of hydrogen-bond acceptors (Lipinski definition) is 4. The van der Waals surface area contributed by atoms with Gasteiger partial charge < -0.3 is 19.7 Å². The van der Waals surface area contributed by atoms with E-state index in [1.807, 2.05) is 12.1 Å². The van der Waals surface area contributed by atoms with Crippen LogP contribution in [0.3, 0.4) is 0 Å². The Balaban J connectivity index is 2.11. The van der Waals surface area contributed by atoms with Gasteiger partial charge in [0.05, 0.1) is 12.2 Å². The van der Waals surface area contributed by atoms with Crippen LogP contribution in [0.2, 0.25) is 0 Å². The molecule has 2 aromatic rings. The fourth-order valence-electron chi connectivity index (χ4n) is 2.75. The van der Waals surface area contributed by atoms with E-state index in [1.165, 1.54) is 0 Å². The highest BCUT2D eigenvalue weighted by Crippen LogP contribution is 2.31. The van der Waals surface area contributed by atoms with Gasteiger partial charge in [-0.15, -0.1) is 0 Å². The van der Waals surface area contributed by atoms with Gasteiger partial charge in [0.2, 0.25) is 0 Å². The Morgan fingerprint density at radius 2 is 1.46 bits per heavy atom. The van der Waals surface area contributed by atoms with Crippen molar-refractivity contribution < 1.29 is 19.7 Å². The van der Waals surface area contributed by atoms with Crippen molar-refractivity contribution in [2.24, 2.45) is 5.92 Å². The molecule has 0 spiro atoms. The van der Waals surface area contributed by atoms with Crippen molar-refractivity contribution in [1.29, 1.82) is 0 Å². The van der Waals surface area contributed by atoms with Crippen molar-refractivity contribution in [3.63, 3.8) is 0 Å². The summed E-state index contributed by atoms with van der Waals surface area (Å²) in [5, 5.41) is 19.0. The molecule has 26 heavy (non-hydrogen) atoms. The zero-order valence-electron chi connectivity index (χ0n) is 16.1. The Morgan fingerprint density at radius 3 is 1.96 bits per heavy atom. The first kappa shape index (κ1) is 20.1. The fraction of sp³-hybridized carbons (Fsp3) is 0.455. The number of aromatic hydroxyl groups is 2. The van der Waals surface area contributed by atoms with E-state index in [-0.39, 0.29) is 17.6 Å². The van der Waals surface area contributed by atoms with Crippen LogP contribution in [-0.4, -0.2) is 22.9 Å². The van der Waals surface area contributed by atoms with Crippen molar-refractivity contribution in [3.05, 3.63) is 54.1 Å². The summed E-state index contributed by atoms with van der Waals surface area (Å²) in [5.74, 6) is 1.52. The molecule has 2 rings (SSSR count). The van der Waals surface area contributed by atoms with Crippen LogP contribution in [-0.2, 0) is 10.3 Å². The van der Waals surface area contributed by atoms with Gasteiger partial charge in [-0.3, -0.25) is 0 Å². The van der Waals surface area contributed by atoms with E-state index in [4.69, 9.17) is 9.47 Å². The third-order valence-corrected chi connectivity index (χ3v) is 5.12. The average molecular weight is 358 g/mol. The second-order valence-corrected chi connectivity index (χ2v) is 6.98. The molecule has 0 heterocycles. The summed E-state index contributed by atoms with van der Waals surface area (Å²) in [6.45, 7) is 8.90. The third kappa shape index (κ3) is 5.15. The van der Waals surface area contributed by atoms with Gasteiger partial charge >= 0.3 is 0 Å². The molecule has 0 aliphatic heterocycles. The summed E-state index contributed by atoms with van der Waals surface area (Å²) < 4.78 is 12.5. The van der Waals surface area contributed by atoms with Crippen LogP contribution in [0, 0.1) is 5.92 Å². The Bertz CT molecular complexity index is 666. The Hall–Kier alpha value is -2.20. The van der Waals surface area contributed by atoms with Crippen LogP contribution < -0.4 is 4.74 Å². The maximum absolute atomic E-state index is 9.52. The second kappa shape index (κ2) is 8.95. The predicted octanol–water partition coefficient (Wildman–Crippen LogP) is 5.23. The van der Waals surface area contributed by atoms with E-state index in [9.17, 15) is 10.2 Å². The highest BCUT2D eigenvalue weighted by molar-refractivity contribution is 5.31. The van der Waals surface area contributed by atoms with Gasteiger partial charge in [-0.2, -0.15) is 0 Å². The van der Waals surface area contributed by atoms with Crippen LogP contribution in [0.4, 0.5) is 0 Å². The number of benzene rings is 2. The van der Waals surface area contributed by atoms with Crippen molar-refractivity contribution in [2.45, 2.75) is 52.2 Å². The zero-order chi connectivity index (χ0) is 19.2. The number of hydrogen-bond donors (Lipinski definition) is 2. The number of phenolic OH excluding ortho intramolecular Hbond substituents is 2. The van der Waals surface area contributed by atoms with Gasteiger partial charge in [-0.1, -0.05) is 32.9 Å². The summed E-state index contributed by atoms with van der Waals surface area (Å²) in [6.07, 6.45) is 1.70. The molecule has 4 nitrogen and oxygen atoms in total. The lowest BCUT2D eigenvalue weighted by Gasteiger charge is -2.33.